The van der Waals surface area contributed by atoms with E-state index in [0.29, 0.717) is 13.0 Å². The average Bonchev–Trinajstić information content (AvgIpc) is 1.81. The molecule has 0 saturated carbocycles. The summed E-state index contributed by atoms with van der Waals surface area (Å²) in [6.07, 6.45) is 5.63. The third-order valence-electron chi connectivity index (χ3n) is 0.650. The molecule has 0 amide bonds. The van der Waals surface area contributed by atoms with Crippen LogP contribution in [0.2, 0.25) is 0 Å². The molecule has 0 aromatic carbocycles. The highest BCUT2D eigenvalue weighted by Crippen LogP contribution is 1.66. The van der Waals surface area contributed by atoms with Crippen LogP contribution in [-0.2, 0) is 0 Å². The van der Waals surface area contributed by atoms with Crippen molar-refractivity contribution in [1.82, 2.24) is 5.32 Å². The van der Waals surface area contributed by atoms with E-state index in [9.17, 15) is 0 Å². The molecule has 0 unspecified atom stereocenters. The number of terminal acetylenes is 1. The van der Waals surface area contributed by atoms with Crippen molar-refractivity contribution in [3.8, 4) is 18.4 Å². The second kappa shape index (κ2) is 6.01. The molecule has 0 aromatic heterocycles. The molecule has 0 aliphatic heterocycles. The molecule has 0 saturated heterocycles. The van der Waals surface area contributed by atoms with Gasteiger partial charge < -0.3 is 5.32 Å². The molecule has 0 aliphatic rings. The predicted molar refractivity (Wildman–Crippen MR) is 31.9 cm³/mol. The first-order chi connectivity index (χ1) is 3.91. The molecule has 0 radical (unpaired) electrons. The van der Waals surface area contributed by atoms with Crippen molar-refractivity contribution in [3.05, 3.63) is 0 Å². The molecule has 0 aromatic rings. The Morgan fingerprint density at radius 1 is 1.62 bits per heavy atom. The summed E-state index contributed by atoms with van der Waals surface area (Å²) in [6.45, 7) is 1.13. The van der Waals surface area contributed by atoms with Gasteiger partial charge in [0.2, 0.25) is 0 Å². The van der Waals surface area contributed by atoms with Crippen molar-refractivity contribution in [2.75, 3.05) is 13.1 Å². The maximum atomic E-state index is 8.00. The van der Waals surface area contributed by atoms with E-state index in [2.05, 4.69) is 11.2 Å². The maximum Gasteiger partial charge on any atom is 0.0841 e. The Kier molecular flexibility index (Phi) is 5.27. The standard InChI is InChI=1S/C6H8N2/c1-2-3-5-8-6-4-7/h1,8H,3,5-6H2. The van der Waals surface area contributed by atoms with Crippen LogP contribution in [0.4, 0.5) is 0 Å². The molecule has 2 nitrogen and oxygen atoms in total. The minimum Gasteiger partial charge on any atom is -0.304 e. The van der Waals surface area contributed by atoms with Gasteiger partial charge in [-0.3, -0.25) is 0 Å². The summed E-state index contributed by atoms with van der Waals surface area (Å²) in [7, 11) is 0. The molecule has 0 aliphatic carbocycles. The SMILES string of the molecule is C#CCCNCC#N. The first kappa shape index (κ1) is 7.01. The van der Waals surface area contributed by atoms with E-state index in [-0.39, 0.29) is 0 Å². The second-order valence-electron chi connectivity index (χ2n) is 1.29. The average molecular weight is 108 g/mol. The molecular formula is C6H8N2. The highest BCUT2D eigenvalue weighted by atomic mass is 14.8. The number of hydrogen-bond donors (Lipinski definition) is 1. The van der Waals surface area contributed by atoms with Crippen LogP contribution in [0.3, 0.4) is 0 Å². The minimum absolute atomic E-state index is 0.391. The predicted octanol–water partition coefficient (Wildman–Crippen LogP) is 0.123. The molecule has 0 rings (SSSR count). The second-order valence-corrected chi connectivity index (χ2v) is 1.29. The molecule has 0 heterocycles. The Bertz CT molecular complexity index is 99.5. The van der Waals surface area contributed by atoms with E-state index in [1.54, 1.807) is 0 Å². The summed E-state index contributed by atoms with van der Waals surface area (Å²) < 4.78 is 0. The zero-order valence-corrected chi connectivity index (χ0v) is 4.65. The summed E-state index contributed by atoms with van der Waals surface area (Å²) in [6, 6.07) is 1.95. The smallest absolute Gasteiger partial charge is 0.0841 e. The maximum absolute atomic E-state index is 8.00. The molecule has 0 fully saturated rings. The molecule has 42 valence electrons. The van der Waals surface area contributed by atoms with Crippen molar-refractivity contribution in [2.24, 2.45) is 0 Å². The van der Waals surface area contributed by atoms with Crippen LogP contribution >= 0.6 is 0 Å². The zero-order chi connectivity index (χ0) is 6.24. The highest BCUT2D eigenvalue weighted by Gasteiger charge is 1.78. The third kappa shape index (κ3) is 5.01. The van der Waals surface area contributed by atoms with Crippen LogP contribution in [0.15, 0.2) is 0 Å². The third-order valence-corrected chi connectivity index (χ3v) is 0.650. The highest BCUT2D eigenvalue weighted by molar-refractivity contribution is 4.85. The summed E-state index contributed by atoms with van der Waals surface area (Å²) in [5.74, 6) is 2.45. The summed E-state index contributed by atoms with van der Waals surface area (Å²) in [5.41, 5.74) is 0. The van der Waals surface area contributed by atoms with Gasteiger partial charge in [-0.05, 0) is 0 Å². The van der Waals surface area contributed by atoms with Crippen LogP contribution in [0.5, 0.6) is 0 Å². The van der Waals surface area contributed by atoms with Crippen molar-refractivity contribution in [2.45, 2.75) is 6.42 Å². The van der Waals surface area contributed by atoms with Gasteiger partial charge >= 0.3 is 0 Å². The normalized spacial score (nSPS) is 7.25. The van der Waals surface area contributed by atoms with E-state index in [1.807, 2.05) is 6.07 Å². The van der Waals surface area contributed by atoms with Gasteiger partial charge in [0.1, 0.15) is 0 Å². The van der Waals surface area contributed by atoms with E-state index >= 15 is 0 Å². The summed E-state index contributed by atoms with van der Waals surface area (Å²) in [5, 5.41) is 10.8. The molecule has 0 bridgehead atoms. The van der Waals surface area contributed by atoms with Crippen LogP contribution in [0, 0.1) is 23.7 Å². The van der Waals surface area contributed by atoms with Crippen LogP contribution in [0.25, 0.3) is 0 Å². The summed E-state index contributed by atoms with van der Waals surface area (Å²) >= 11 is 0. The summed E-state index contributed by atoms with van der Waals surface area (Å²) in [4.78, 5) is 0. The number of nitrogens with zero attached hydrogens (tertiary/aromatic N) is 1. The molecule has 0 spiro atoms. The van der Waals surface area contributed by atoms with Gasteiger partial charge in [0.05, 0.1) is 12.6 Å². The Labute approximate surface area is 49.5 Å². The Balaban J connectivity index is 2.77. The van der Waals surface area contributed by atoms with Crippen LogP contribution in [0.1, 0.15) is 6.42 Å². The van der Waals surface area contributed by atoms with Gasteiger partial charge in [-0.15, -0.1) is 12.3 Å². The fourth-order valence-corrected chi connectivity index (χ4v) is 0.305. The lowest BCUT2D eigenvalue weighted by Crippen LogP contribution is -2.14. The lowest BCUT2D eigenvalue weighted by molar-refractivity contribution is 0.770. The quantitative estimate of drug-likeness (QED) is 0.317. The van der Waals surface area contributed by atoms with Gasteiger partial charge in [0.25, 0.3) is 0 Å². The van der Waals surface area contributed by atoms with E-state index in [0.717, 1.165) is 6.54 Å². The van der Waals surface area contributed by atoms with Crippen molar-refractivity contribution in [3.63, 3.8) is 0 Å². The Hall–Kier alpha value is -0.990. The van der Waals surface area contributed by atoms with E-state index in [1.165, 1.54) is 0 Å². The largest absolute Gasteiger partial charge is 0.304 e. The molecule has 0 atom stereocenters. The van der Waals surface area contributed by atoms with Gasteiger partial charge in [-0.1, -0.05) is 0 Å². The monoisotopic (exact) mass is 108 g/mol. The fraction of sp³-hybridized carbons (Fsp3) is 0.500. The van der Waals surface area contributed by atoms with Crippen molar-refractivity contribution < 1.29 is 0 Å². The molecule has 1 N–H and O–H groups in total. The van der Waals surface area contributed by atoms with E-state index in [4.69, 9.17) is 11.7 Å². The molecular weight excluding hydrogens is 100 g/mol. The van der Waals surface area contributed by atoms with Crippen molar-refractivity contribution in [1.29, 1.82) is 5.26 Å². The Morgan fingerprint density at radius 3 is 2.88 bits per heavy atom. The number of rotatable bonds is 3. The number of nitrogens with one attached hydrogen (secondary N) is 1. The fourth-order valence-electron chi connectivity index (χ4n) is 0.305. The lowest BCUT2D eigenvalue weighted by Gasteiger charge is -1.89. The van der Waals surface area contributed by atoms with Gasteiger partial charge in [-0.25, -0.2) is 0 Å². The van der Waals surface area contributed by atoms with Crippen LogP contribution < -0.4 is 5.32 Å². The number of hydrogen-bond acceptors (Lipinski definition) is 2. The number of nitriles is 1. The first-order valence-electron chi connectivity index (χ1n) is 2.43. The van der Waals surface area contributed by atoms with Gasteiger partial charge in [0.15, 0.2) is 0 Å². The van der Waals surface area contributed by atoms with E-state index < -0.39 is 0 Å². The zero-order valence-electron chi connectivity index (χ0n) is 4.65. The van der Waals surface area contributed by atoms with Crippen molar-refractivity contribution >= 4 is 0 Å². The lowest BCUT2D eigenvalue weighted by atomic mass is 10.4. The molecule has 2 heteroatoms. The first-order valence-corrected chi connectivity index (χ1v) is 2.43. The minimum atomic E-state index is 0.391. The van der Waals surface area contributed by atoms with Gasteiger partial charge in [0, 0.05) is 13.0 Å². The topological polar surface area (TPSA) is 35.8 Å². The molecule has 8 heavy (non-hydrogen) atoms. The van der Waals surface area contributed by atoms with Gasteiger partial charge in [-0.2, -0.15) is 5.26 Å². The van der Waals surface area contributed by atoms with Crippen LogP contribution in [-0.4, -0.2) is 13.1 Å². The Morgan fingerprint density at radius 2 is 2.38 bits per heavy atom.